The Hall–Kier alpha value is -0.370. The Morgan fingerprint density at radius 2 is 1.91 bits per heavy atom. The molecule has 11 heavy (non-hydrogen) atoms. The van der Waals surface area contributed by atoms with E-state index in [1.807, 2.05) is 19.2 Å². The molecule has 62 valence electrons. The fourth-order valence-electron chi connectivity index (χ4n) is 0.518. The first-order chi connectivity index (χ1) is 5.20. The van der Waals surface area contributed by atoms with Crippen molar-refractivity contribution in [2.45, 2.75) is 27.2 Å². The van der Waals surface area contributed by atoms with Gasteiger partial charge in [-0.3, -0.25) is 4.98 Å². The van der Waals surface area contributed by atoms with E-state index in [-0.39, 0.29) is 0 Å². The lowest BCUT2D eigenvalue weighted by Crippen LogP contribution is -1.73. The largest absolute Gasteiger partial charge is 0.263 e. The highest BCUT2D eigenvalue weighted by molar-refractivity contribution is 9.10. The zero-order valence-electron chi connectivity index (χ0n) is 7.26. The van der Waals surface area contributed by atoms with Gasteiger partial charge < -0.3 is 0 Å². The van der Waals surface area contributed by atoms with E-state index in [2.05, 4.69) is 34.8 Å². The minimum Gasteiger partial charge on any atom is -0.263 e. The van der Waals surface area contributed by atoms with E-state index in [4.69, 9.17) is 0 Å². The van der Waals surface area contributed by atoms with Gasteiger partial charge >= 0.3 is 0 Å². The Bertz CT molecular complexity index is 181. The molecule has 0 bridgehead atoms. The van der Waals surface area contributed by atoms with Gasteiger partial charge in [0.1, 0.15) is 0 Å². The van der Waals surface area contributed by atoms with Gasteiger partial charge in [0.2, 0.25) is 0 Å². The van der Waals surface area contributed by atoms with Gasteiger partial charge in [0.05, 0.1) is 0 Å². The summed E-state index contributed by atoms with van der Waals surface area (Å²) in [5.41, 5.74) is 1.18. The molecule has 0 aromatic carbocycles. The predicted molar refractivity (Wildman–Crippen MR) is 52.6 cm³/mol. The van der Waals surface area contributed by atoms with Crippen LogP contribution in [-0.4, -0.2) is 4.98 Å². The molecule has 0 spiro atoms. The molecule has 1 heterocycles. The Morgan fingerprint density at radius 1 is 1.36 bits per heavy atom. The van der Waals surface area contributed by atoms with Crippen molar-refractivity contribution in [2.24, 2.45) is 0 Å². The summed E-state index contributed by atoms with van der Waals surface area (Å²) < 4.78 is 1.04. The van der Waals surface area contributed by atoms with Gasteiger partial charge in [0.25, 0.3) is 0 Å². The molecule has 1 aromatic heterocycles. The van der Waals surface area contributed by atoms with Crippen molar-refractivity contribution in [2.75, 3.05) is 0 Å². The first-order valence-corrected chi connectivity index (χ1v) is 4.57. The van der Waals surface area contributed by atoms with Crippen LogP contribution in [-0.2, 0) is 0 Å². The van der Waals surface area contributed by atoms with E-state index >= 15 is 0 Å². The normalized spacial score (nSPS) is 8.36. The van der Waals surface area contributed by atoms with Crippen molar-refractivity contribution < 1.29 is 0 Å². The summed E-state index contributed by atoms with van der Waals surface area (Å²) in [6, 6.07) is 2.02. The standard InChI is InChI=1S/C6H6BrN.C3H8/c1-5-2-6(7)4-8-3-5;1-3-2/h2-4H,1H3;3H2,1-2H3. The summed E-state index contributed by atoms with van der Waals surface area (Å²) in [5, 5.41) is 0. The van der Waals surface area contributed by atoms with Crippen LogP contribution < -0.4 is 0 Å². The van der Waals surface area contributed by atoms with E-state index in [0.29, 0.717) is 0 Å². The molecular formula is C9H14BrN. The molecule has 1 aromatic rings. The topological polar surface area (TPSA) is 12.9 Å². The van der Waals surface area contributed by atoms with Crippen molar-refractivity contribution in [1.29, 1.82) is 0 Å². The number of hydrogen-bond donors (Lipinski definition) is 0. The molecule has 0 saturated carbocycles. The Morgan fingerprint density at radius 3 is 2.18 bits per heavy atom. The van der Waals surface area contributed by atoms with Gasteiger partial charge in [-0.25, -0.2) is 0 Å². The first kappa shape index (κ1) is 10.6. The monoisotopic (exact) mass is 215 g/mol. The van der Waals surface area contributed by atoms with Crippen LogP contribution in [0.3, 0.4) is 0 Å². The van der Waals surface area contributed by atoms with E-state index in [1.54, 1.807) is 6.20 Å². The third kappa shape index (κ3) is 6.05. The summed E-state index contributed by atoms with van der Waals surface area (Å²) in [6.45, 7) is 6.26. The van der Waals surface area contributed by atoms with Crippen molar-refractivity contribution in [3.8, 4) is 0 Å². The maximum Gasteiger partial charge on any atom is 0.0410 e. The number of nitrogens with zero attached hydrogens (tertiary/aromatic N) is 1. The second kappa shape index (κ2) is 6.35. The van der Waals surface area contributed by atoms with Crippen LogP contribution in [0.5, 0.6) is 0 Å². The van der Waals surface area contributed by atoms with E-state index in [1.165, 1.54) is 12.0 Å². The Balaban J connectivity index is 0.000000292. The SMILES string of the molecule is CCC.Cc1cncc(Br)c1. The zero-order chi connectivity index (χ0) is 8.69. The van der Waals surface area contributed by atoms with Gasteiger partial charge in [-0.1, -0.05) is 20.3 Å². The van der Waals surface area contributed by atoms with Gasteiger partial charge in [-0.05, 0) is 34.5 Å². The summed E-state index contributed by atoms with van der Waals surface area (Å²) >= 11 is 3.30. The van der Waals surface area contributed by atoms with Gasteiger partial charge in [-0.2, -0.15) is 0 Å². The molecule has 0 N–H and O–H groups in total. The maximum atomic E-state index is 3.94. The number of hydrogen-bond acceptors (Lipinski definition) is 1. The number of rotatable bonds is 0. The summed E-state index contributed by atoms with van der Waals surface area (Å²) in [4.78, 5) is 3.94. The van der Waals surface area contributed by atoms with Crippen LogP contribution in [0.15, 0.2) is 22.9 Å². The molecule has 0 aliphatic carbocycles. The van der Waals surface area contributed by atoms with Crippen molar-refractivity contribution in [3.63, 3.8) is 0 Å². The van der Waals surface area contributed by atoms with Crippen LogP contribution in [0.2, 0.25) is 0 Å². The molecule has 1 rings (SSSR count). The Kier molecular flexibility index (Phi) is 6.13. The van der Waals surface area contributed by atoms with Crippen LogP contribution in [0.25, 0.3) is 0 Å². The lowest BCUT2D eigenvalue weighted by molar-refractivity contribution is 1.09. The third-order valence-corrected chi connectivity index (χ3v) is 1.28. The van der Waals surface area contributed by atoms with E-state index in [9.17, 15) is 0 Å². The summed E-state index contributed by atoms with van der Waals surface area (Å²) in [5.74, 6) is 0. The smallest absolute Gasteiger partial charge is 0.0410 e. The summed E-state index contributed by atoms with van der Waals surface area (Å²) in [7, 11) is 0. The van der Waals surface area contributed by atoms with Crippen LogP contribution >= 0.6 is 15.9 Å². The first-order valence-electron chi connectivity index (χ1n) is 3.77. The van der Waals surface area contributed by atoms with E-state index < -0.39 is 0 Å². The van der Waals surface area contributed by atoms with Crippen LogP contribution in [0, 0.1) is 6.92 Å². The minimum atomic E-state index is 1.04. The number of halogens is 1. The van der Waals surface area contributed by atoms with Crippen molar-refractivity contribution in [3.05, 3.63) is 28.5 Å². The molecule has 1 nitrogen and oxygen atoms in total. The zero-order valence-corrected chi connectivity index (χ0v) is 8.85. The molecule has 2 heteroatoms. The van der Waals surface area contributed by atoms with Gasteiger partial charge in [-0.15, -0.1) is 0 Å². The predicted octanol–water partition coefficient (Wildman–Crippen LogP) is 3.57. The second-order valence-electron chi connectivity index (χ2n) is 2.39. The fourth-order valence-corrected chi connectivity index (χ4v) is 0.997. The summed E-state index contributed by atoms with van der Waals surface area (Å²) in [6.07, 6.45) is 4.84. The fraction of sp³-hybridized carbons (Fsp3) is 0.444. The highest BCUT2D eigenvalue weighted by Crippen LogP contribution is 2.07. The van der Waals surface area contributed by atoms with Gasteiger partial charge in [0, 0.05) is 16.9 Å². The van der Waals surface area contributed by atoms with Gasteiger partial charge in [0.15, 0.2) is 0 Å². The molecule has 0 unspecified atom stereocenters. The quantitative estimate of drug-likeness (QED) is 0.646. The van der Waals surface area contributed by atoms with Crippen LogP contribution in [0.4, 0.5) is 0 Å². The minimum absolute atomic E-state index is 1.04. The highest BCUT2D eigenvalue weighted by atomic mass is 79.9. The van der Waals surface area contributed by atoms with E-state index in [0.717, 1.165) is 4.47 Å². The molecule has 0 atom stereocenters. The van der Waals surface area contributed by atoms with Crippen molar-refractivity contribution in [1.82, 2.24) is 4.98 Å². The molecule has 0 aliphatic rings. The molecule has 0 aliphatic heterocycles. The molecule has 0 fully saturated rings. The average molecular weight is 216 g/mol. The lowest BCUT2D eigenvalue weighted by atomic mass is 10.3. The Labute approximate surface area is 77.0 Å². The highest BCUT2D eigenvalue weighted by Gasteiger charge is 1.83. The molecule has 0 radical (unpaired) electrons. The maximum absolute atomic E-state index is 3.94. The van der Waals surface area contributed by atoms with Crippen molar-refractivity contribution >= 4 is 15.9 Å². The number of aromatic nitrogens is 1. The molecule has 0 saturated heterocycles. The third-order valence-electron chi connectivity index (χ3n) is 0.842. The average Bonchev–Trinajstić information content (AvgIpc) is 1.88. The molecular weight excluding hydrogens is 202 g/mol. The number of pyridine rings is 1. The molecule has 0 amide bonds. The van der Waals surface area contributed by atoms with Crippen LogP contribution in [0.1, 0.15) is 25.8 Å². The lowest BCUT2D eigenvalue weighted by Gasteiger charge is -1.88. The second-order valence-corrected chi connectivity index (χ2v) is 3.30. The number of aryl methyl sites for hydroxylation is 1.